The smallest absolute Gasteiger partial charge is 0.255 e. The maximum absolute atomic E-state index is 12.1. The van der Waals surface area contributed by atoms with Gasteiger partial charge < -0.3 is 5.32 Å². The van der Waals surface area contributed by atoms with Gasteiger partial charge in [-0.1, -0.05) is 0 Å². The highest BCUT2D eigenvalue weighted by atomic mass is 16.1. The van der Waals surface area contributed by atoms with Crippen LogP contribution in [0.25, 0.3) is 0 Å². The number of rotatable bonds is 3. The maximum atomic E-state index is 12.1. The van der Waals surface area contributed by atoms with E-state index >= 15 is 0 Å². The van der Waals surface area contributed by atoms with Gasteiger partial charge in [0.25, 0.3) is 5.91 Å². The largest absolute Gasteiger partial charge is 0.346 e. The van der Waals surface area contributed by atoms with Crippen molar-refractivity contribution >= 4 is 5.91 Å². The van der Waals surface area contributed by atoms with Crippen LogP contribution < -0.4 is 5.32 Å². The Kier molecular flexibility index (Phi) is 3.18. The summed E-state index contributed by atoms with van der Waals surface area (Å²) in [6, 6.07) is 1.88. The predicted octanol–water partition coefficient (Wildman–Crippen LogP) is 0.700. The van der Waals surface area contributed by atoms with E-state index in [1.54, 1.807) is 9.36 Å². The van der Waals surface area contributed by atoms with Crippen LogP contribution in [0.1, 0.15) is 27.4 Å². The molecular formula is C12H17N5O. The number of hydrogen-bond acceptors (Lipinski definition) is 3. The molecule has 18 heavy (non-hydrogen) atoms. The van der Waals surface area contributed by atoms with Gasteiger partial charge in [0, 0.05) is 26.0 Å². The summed E-state index contributed by atoms with van der Waals surface area (Å²) in [5, 5.41) is 11.3. The zero-order chi connectivity index (χ0) is 13.3. The van der Waals surface area contributed by atoms with E-state index in [4.69, 9.17) is 0 Å². The minimum absolute atomic E-state index is 0.108. The van der Waals surface area contributed by atoms with Crippen molar-refractivity contribution < 1.29 is 4.79 Å². The summed E-state index contributed by atoms with van der Waals surface area (Å²) in [6.07, 6.45) is 1.85. The first kappa shape index (κ1) is 12.3. The third-order valence-electron chi connectivity index (χ3n) is 2.93. The third kappa shape index (κ3) is 2.27. The topological polar surface area (TPSA) is 64.7 Å². The van der Waals surface area contributed by atoms with Gasteiger partial charge in [-0.15, -0.1) is 0 Å². The van der Waals surface area contributed by atoms with Crippen molar-refractivity contribution in [3.63, 3.8) is 0 Å². The van der Waals surface area contributed by atoms with Crippen molar-refractivity contribution in [1.82, 2.24) is 24.9 Å². The summed E-state index contributed by atoms with van der Waals surface area (Å²) in [4.78, 5) is 12.1. The number of aryl methyl sites for hydroxylation is 3. The Labute approximate surface area is 106 Å². The van der Waals surface area contributed by atoms with Gasteiger partial charge in [0.15, 0.2) is 0 Å². The molecule has 2 heterocycles. The van der Waals surface area contributed by atoms with E-state index in [0.717, 1.165) is 17.1 Å². The molecule has 0 unspecified atom stereocenters. The van der Waals surface area contributed by atoms with Crippen LogP contribution in [0.5, 0.6) is 0 Å². The lowest BCUT2D eigenvalue weighted by Gasteiger charge is -2.03. The molecule has 96 valence electrons. The van der Waals surface area contributed by atoms with Gasteiger partial charge in [0.2, 0.25) is 0 Å². The number of nitrogens with one attached hydrogen (secondary N) is 1. The molecule has 0 saturated heterocycles. The van der Waals surface area contributed by atoms with E-state index in [0.29, 0.717) is 12.1 Å². The molecule has 0 atom stereocenters. The van der Waals surface area contributed by atoms with Crippen LogP contribution in [-0.4, -0.2) is 25.5 Å². The molecule has 2 rings (SSSR count). The summed E-state index contributed by atoms with van der Waals surface area (Å²) in [5.41, 5.74) is 3.10. The lowest BCUT2D eigenvalue weighted by Crippen LogP contribution is -2.24. The Balaban J connectivity index is 2.08. The monoisotopic (exact) mass is 247 g/mol. The molecule has 0 aliphatic rings. The molecule has 1 amide bonds. The fraction of sp³-hybridized carbons (Fsp3) is 0.417. The van der Waals surface area contributed by atoms with Gasteiger partial charge >= 0.3 is 0 Å². The highest BCUT2D eigenvalue weighted by molar-refractivity contribution is 5.96. The Morgan fingerprint density at radius 3 is 2.56 bits per heavy atom. The van der Waals surface area contributed by atoms with Crippen molar-refractivity contribution in [2.75, 3.05) is 0 Å². The van der Waals surface area contributed by atoms with Crippen LogP contribution in [0.15, 0.2) is 12.3 Å². The second-order valence-electron chi connectivity index (χ2n) is 4.33. The van der Waals surface area contributed by atoms with Crippen LogP contribution >= 0.6 is 0 Å². The van der Waals surface area contributed by atoms with Gasteiger partial charge in [-0.25, -0.2) is 0 Å². The average Bonchev–Trinajstić information content (AvgIpc) is 2.82. The Morgan fingerprint density at radius 1 is 1.33 bits per heavy atom. The fourth-order valence-electron chi connectivity index (χ4n) is 1.92. The summed E-state index contributed by atoms with van der Waals surface area (Å²) in [6.45, 7) is 4.14. The average molecular weight is 247 g/mol. The van der Waals surface area contributed by atoms with E-state index in [-0.39, 0.29) is 5.91 Å². The Bertz CT molecular complexity index is 581. The number of hydrogen-bond donors (Lipinski definition) is 1. The first-order valence-electron chi connectivity index (χ1n) is 5.76. The van der Waals surface area contributed by atoms with Gasteiger partial charge in [0.05, 0.1) is 23.5 Å². The molecule has 0 spiro atoms. The quantitative estimate of drug-likeness (QED) is 0.868. The van der Waals surface area contributed by atoms with Crippen molar-refractivity contribution in [2.24, 2.45) is 14.1 Å². The molecule has 0 aliphatic carbocycles. The first-order valence-corrected chi connectivity index (χ1v) is 5.76. The van der Waals surface area contributed by atoms with Gasteiger partial charge in [0.1, 0.15) is 0 Å². The van der Waals surface area contributed by atoms with Crippen LogP contribution in [0, 0.1) is 13.8 Å². The second kappa shape index (κ2) is 4.64. The Morgan fingerprint density at radius 2 is 2.06 bits per heavy atom. The molecule has 6 heteroatoms. The zero-order valence-electron chi connectivity index (χ0n) is 11.1. The van der Waals surface area contributed by atoms with Gasteiger partial charge in [-0.2, -0.15) is 10.2 Å². The summed E-state index contributed by atoms with van der Waals surface area (Å²) in [5.74, 6) is -0.108. The zero-order valence-corrected chi connectivity index (χ0v) is 11.1. The minimum Gasteiger partial charge on any atom is -0.346 e. The molecule has 0 aromatic carbocycles. The maximum Gasteiger partial charge on any atom is 0.255 e. The molecule has 6 nitrogen and oxygen atoms in total. The fourth-order valence-corrected chi connectivity index (χ4v) is 1.92. The molecule has 0 bridgehead atoms. The number of carbonyl (C=O) groups excluding carboxylic acids is 1. The second-order valence-corrected chi connectivity index (χ2v) is 4.33. The minimum atomic E-state index is -0.108. The lowest BCUT2D eigenvalue weighted by atomic mass is 10.2. The van der Waals surface area contributed by atoms with Crippen LogP contribution in [0.2, 0.25) is 0 Å². The van der Waals surface area contributed by atoms with Gasteiger partial charge in [-0.3, -0.25) is 14.2 Å². The molecule has 2 aromatic heterocycles. The van der Waals surface area contributed by atoms with E-state index in [1.165, 1.54) is 0 Å². The lowest BCUT2D eigenvalue weighted by molar-refractivity contribution is 0.0949. The van der Waals surface area contributed by atoms with Crippen molar-refractivity contribution in [3.8, 4) is 0 Å². The third-order valence-corrected chi connectivity index (χ3v) is 2.93. The normalized spacial score (nSPS) is 10.7. The molecule has 0 fully saturated rings. The van der Waals surface area contributed by atoms with Crippen LogP contribution in [-0.2, 0) is 20.6 Å². The van der Waals surface area contributed by atoms with Crippen molar-refractivity contribution in [1.29, 1.82) is 0 Å². The van der Waals surface area contributed by atoms with Crippen LogP contribution in [0.3, 0.4) is 0 Å². The highest BCUT2D eigenvalue weighted by Crippen LogP contribution is 2.11. The molecule has 1 N–H and O–H groups in total. The first-order chi connectivity index (χ1) is 8.49. The van der Waals surface area contributed by atoms with E-state index in [1.807, 2.05) is 40.2 Å². The SMILES string of the molecule is Cc1nn(C)c(C)c1C(=O)NCc1ccn(C)n1. The summed E-state index contributed by atoms with van der Waals surface area (Å²) in [7, 11) is 3.68. The summed E-state index contributed by atoms with van der Waals surface area (Å²) >= 11 is 0. The predicted molar refractivity (Wildman–Crippen MR) is 67.1 cm³/mol. The highest BCUT2D eigenvalue weighted by Gasteiger charge is 2.16. The number of nitrogens with zero attached hydrogens (tertiary/aromatic N) is 4. The number of carbonyl (C=O) groups is 1. The summed E-state index contributed by atoms with van der Waals surface area (Å²) < 4.78 is 3.42. The number of aromatic nitrogens is 4. The van der Waals surface area contributed by atoms with Gasteiger partial charge in [-0.05, 0) is 19.9 Å². The number of amides is 1. The standard InChI is InChI=1S/C12H17N5O/c1-8-11(9(2)17(4)14-8)12(18)13-7-10-5-6-16(3)15-10/h5-6H,7H2,1-4H3,(H,13,18). The molecule has 2 aromatic rings. The van der Waals surface area contributed by atoms with E-state index in [9.17, 15) is 4.79 Å². The van der Waals surface area contributed by atoms with Crippen molar-refractivity contribution in [2.45, 2.75) is 20.4 Å². The Hall–Kier alpha value is -2.11. The van der Waals surface area contributed by atoms with Crippen molar-refractivity contribution in [3.05, 3.63) is 34.9 Å². The van der Waals surface area contributed by atoms with Crippen LogP contribution in [0.4, 0.5) is 0 Å². The van der Waals surface area contributed by atoms with E-state index < -0.39 is 0 Å². The molecular weight excluding hydrogens is 230 g/mol. The molecule has 0 radical (unpaired) electrons. The van der Waals surface area contributed by atoms with E-state index in [2.05, 4.69) is 15.5 Å². The molecule has 0 aliphatic heterocycles. The molecule has 0 saturated carbocycles.